The first-order valence-electron chi connectivity index (χ1n) is 5.69. The van der Waals surface area contributed by atoms with Crippen molar-refractivity contribution in [3.8, 4) is 5.88 Å². The summed E-state index contributed by atoms with van der Waals surface area (Å²) in [5.41, 5.74) is 0. The van der Waals surface area contributed by atoms with Gasteiger partial charge in [-0.05, 0) is 19.9 Å². The predicted octanol–water partition coefficient (Wildman–Crippen LogP) is 0.294. The number of aliphatic hydroxyl groups excluding tert-OH is 1. The van der Waals surface area contributed by atoms with Crippen LogP contribution >= 0.6 is 11.7 Å². The first kappa shape index (κ1) is 14.3. The molecule has 1 heterocycles. The Hall–Kier alpha value is -0.760. The molecule has 0 saturated heterocycles. The Balaban J connectivity index is 1.92. The molecular weight excluding hydrogens is 242 g/mol. The lowest BCUT2D eigenvalue weighted by Crippen LogP contribution is -2.32. The average molecular weight is 261 g/mol. The zero-order valence-electron chi connectivity index (χ0n) is 9.96. The van der Waals surface area contributed by atoms with Crippen molar-refractivity contribution in [1.82, 2.24) is 14.1 Å². The number of ether oxygens (including phenoxy) is 2. The van der Waals surface area contributed by atoms with Gasteiger partial charge in [-0.3, -0.25) is 0 Å². The van der Waals surface area contributed by atoms with Gasteiger partial charge in [0.05, 0.1) is 11.7 Å². The van der Waals surface area contributed by atoms with E-state index < -0.39 is 6.10 Å². The van der Waals surface area contributed by atoms with Crippen molar-refractivity contribution in [1.29, 1.82) is 0 Å². The van der Waals surface area contributed by atoms with Crippen LogP contribution in [0.2, 0.25) is 0 Å². The number of hydrogen-bond acceptors (Lipinski definition) is 7. The Labute approximate surface area is 105 Å². The molecule has 0 aliphatic carbocycles. The molecule has 0 aliphatic rings. The largest absolute Gasteiger partial charge is 0.473 e. The van der Waals surface area contributed by atoms with Gasteiger partial charge in [0, 0.05) is 19.8 Å². The lowest BCUT2D eigenvalue weighted by Gasteiger charge is -2.11. The third-order valence-corrected chi connectivity index (χ3v) is 2.45. The molecule has 0 radical (unpaired) electrons. The summed E-state index contributed by atoms with van der Waals surface area (Å²) in [6, 6.07) is 0. The van der Waals surface area contributed by atoms with Crippen LogP contribution < -0.4 is 10.1 Å². The van der Waals surface area contributed by atoms with Gasteiger partial charge >= 0.3 is 0 Å². The summed E-state index contributed by atoms with van der Waals surface area (Å²) < 4.78 is 18.1. The molecular formula is C10H19N3O3S. The topological polar surface area (TPSA) is 76.5 Å². The molecule has 0 fully saturated rings. The highest BCUT2D eigenvalue weighted by atomic mass is 32.1. The van der Waals surface area contributed by atoms with Gasteiger partial charge in [0.15, 0.2) is 0 Å². The molecule has 0 bridgehead atoms. The highest BCUT2D eigenvalue weighted by Crippen LogP contribution is 2.04. The smallest absolute Gasteiger partial charge is 0.245 e. The van der Waals surface area contributed by atoms with Crippen LogP contribution in [0.15, 0.2) is 6.20 Å². The molecule has 0 aliphatic heterocycles. The number of aromatic nitrogens is 2. The Kier molecular flexibility index (Phi) is 7.81. The Morgan fingerprint density at radius 1 is 1.59 bits per heavy atom. The predicted molar refractivity (Wildman–Crippen MR) is 65.4 cm³/mol. The van der Waals surface area contributed by atoms with E-state index in [0.29, 0.717) is 12.4 Å². The van der Waals surface area contributed by atoms with Gasteiger partial charge in [-0.25, -0.2) is 0 Å². The van der Waals surface area contributed by atoms with Crippen molar-refractivity contribution >= 4 is 11.7 Å². The average Bonchev–Trinajstić information content (AvgIpc) is 2.84. The van der Waals surface area contributed by atoms with Gasteiger partial charge in [0.1, 0.15) is 18.9 Å². The van der Waals surface area contributed by atoms with E-state index in [2.05, 4.69) is 14.1 Å². The molecule has 1 atom stereocenters. The summed E-state index contributed by atoms with van der Waals surface area (Å²) >= 11 is 1.08. The molecule has 17 heavy (non-hydrogen) atoms. The molecule has 98 valence electrons. The summed E-state index contributed by atoms with van der Waals surface area (Å²) in [5, 5.41) is 12.7. The second-order valence-electron chi connectivity index (χ2n) is 3.47. The van der Waals surface area contributed by atoms with Crippen molar-refractivity contribution in [2.75, 3.05) is 32.9 Å². The SMILES string of the molecule is CCOCCCNCC(O)COc1cnsn1. The standard InChI is InChI=1S/C10H19N3O3S/c1-2-15-5-3-4-11-6-9(14)8-16-10-7-12-17-13-10/h7,9,11,14H,2-6,8H2,1H3. The molecule has 0 saturated carbocycles. The Morgan fingerprint density at radius 3 is 3.18 bits per heavy atom. The number of nitrogens with one attached hydrogen (secondary N) is 1. The number of nitrogens with zero attached hydrogens (tertiary/aromatic N) is 2. The second-order valence-corrected chi connectivity index (χ2v) is 4.02. The fourth-order valence-corrected chi connectivity index (χ4v) is 1.54. The van der Waals surface area contributed by atoms with E-state index >= 15 is 0 Å². The summed E-state index contributed by atoms with van der Waals surface area (Å²) in [5.74, 6) is 0.463. The summed E-state index contributed by atoms with van der Waals surface area (Å²) in [4.78, 5) is 0. The highest BCUT2D eigenvalue weighted by molar-refractivity contribution is 6.99. The second kappa shape index (κ2) is 9.29. The van der Waals surface area contributed by atoms with Crippen molar-refractivity contribution in [3.05, 3.63) is 6.20 Å². The maximum Gasteiger partial charge on any atom is 0.245 e. The van der Waals surface area contributed by atoms with Crippen LogP contribution in [0.4, 0.5) is 0 Å². The first-order valence-corrected chi connectivity index (χ1v) is 6.42. The molecule has 1 aromatic rings. The summed E-state index contributed by atoms with van der Waals surface area (Å²) in [7, 11) is 0. The van der Waals surface area contributed by atoms with Gasteiger partial charge in [-0.1, -0.05) is 0 Å². The minimum atomic E-state index is -0.538. The lowest BCUT2D eigenvalue weighted by atomic mass is 10.3. The maximum atomic E-state index is 9.59. The zero-order chi connectivity index (χ0) is 12.3. The third kappa shape index (κ3) is 7.22. The minimum Gasteiger partial charge on any atom is -0.473 e. The van der Waals surface area contributed by atoms with Crippen molar-refractivity contribution in [3.63, 3.8) is 0 Å². The van der Waals surface area contributed by atoms with E-state index in [-0.39, 0.29) is 6.61 Å². The first-order chi connectivity index (χ1) is 8.33. The van der Waals surface area contributed by atoms with Crippen LogP contribution in [0.25, 0.3) is 0 Å². The Morgan fingerprint density at radius 2 is 2.47 bits per heavy atom. The minimum absolute atomic E-state index is 0.226. The van der Waals surface area contributed by atoms with Crippen LogP contribution in [0.3, 0.4) is 0 Å². The van der Waals surface area contributed by atoms with Crippen LogP contribution in [0.1, 0.15) is 13.3 Å². The number of aliphatic hydroxyl groups is 1. The number of rotatable bonds is 10. The molecule has 1 aromatic heterocycles. The highest BCUT2D eigenvalue weighted by Gasteiger charge is 2.05. The normalized spacial score (nSPS) is 12.6. The van der Waals surface area contributed by atoms with Crippen LogP contribution in [0.5, 0.6) is 5.88 Å². The molecule has 1 rings (SSSR count). The van der Waals surface area contributed by atoms with E-state index in [4.69, 9.17) is 9.47 Å². The monoisotopic (exact) mass is 261 g/mol. The van der Waals surface area contributed by atoms with E-state index in [1.54, 1.807) is 0 Å². The quantitative estimate of drug-likeness (QED) is 0.590. The van der Waals surface area contributed by atoms with Gasteiger partial charge < -0.3 is 19.9 Å². The Bertz CT molecular complexity index is 272. The summed E-state index contributed by atoms with van der Waals surface area (Å²) in [6.45, 7) is 5.03. The molecule has 7 heteroatoms. The van der Waals surface area contributed by atoms with Crippen molar-refractivity contribution < 1.29 is 14.6 Å². The summed E-state index contributed by atoms with van der Waals surface area (Å²) in [6.07, 6.45) is 1.94. The molecule has 0 spiro atoms. The molecule has 2 N–H and O–H groups in total. The van der Waals surface area contributed by atoms with Gasteiger partial charge in [-0.15, -0.1) is 4.37 Å². The maximum absolute atomic E-state index is 9.59. The van der Waals surface area contributed by atoms with Crippen LogP contribution in [0, 0.1) is 0 Å². The molecule has 0 amide bonds. The van der Waals surface area contributed by atoms with Gasteiger partial charge in [-0.2, -0.15) is 4.37 Å². The molecule has 1 unspecified atom stereocenters. The van der Waals surface area contributed by atoms with Crippen LogP contribution in [-0.4, -0.2) is 52.9 Å². The lowest BCUT2D eigenvalue weighted by molar-refractivity contribution is 0.102. The van der Waals surface area contributed by atoms with Crippen molar-refractivity contribution in [2.45, 2.75) is 19.4 Å². The van der Waals surface area contributed by atoms with Crippen LogP contribution in [-0.2, 0) is 4.74 Å². The number of hydrogen-bond donors (Lipinski definition) is 2. The fourth-order valence-electron chi connectivity index (χ4n) is 1.17. The fraction of sp³-hybridized carbons (Fsp3) is 0.800. The zero-order valence-corrected chi connectivity index (χ0v) is 10.8. The van der Waals surface area contributed by atoms with Crippen molar-refractivity contribution in [2.24, 2.45) is 0 Å². The van der Waals surface area contributed by atoms with E-state index in [1.807, 2.05) is 6.92 Å². The van der Waals surface area contributed by atoms with E-state index in [9.17, 15) is 5.11 Å². The van der Waals surface area contributed by atoms with Gasteiger partial charge in [0.2, 0.25) is 5.88 Å². The molecule has 0 aromatic carbocycles. The van der Waals surface area contributed by atoms with E-state index in [0.717, 1.165) is 37.9 Å². The molecule has 6 nitrogen and oxygen atoms in total. The third-order valence-electron chi connectivity index (χ3n) is 1.99. The van der Waals surface area contributed by atoms with E-state index in [1.165, 1.54) is 6.20 Å². The van der Waals surface area contributed by atoms with Gasteiger partial charge in [0.25, 0.3) is 0 Å².